The first-order valence-corrected chi connectivity index (χ1v) is 13.5. The number of anilines is 4. The topological polar surface area (TPSA) is 124 Å². The maximum atomic E-state index is 12.9. The molecule has 0 saturated carbocycles. The number of rotatable bonds is 8. The zero-order chi connectivity index (χ0) is 23.4. The number of nitrogens with zero attached hydrogens (tertiary/aromatic N) is 2. The zero-order valence-corrected chi connectivity index (χ0v) is 20.2. The van der Waals surface area contributed by atoms with Crippen LogP contribution in [-0.4, -0.2) is 51.6 Å². The molecular formula is C21H23N5O4S3. The summed E-state index contributed by atoms with van der Waals surface area (Å²) < 4.78 is 14.5. The molecule has 4 rings (SSSR count). The number of carboxylic acids is 1. The maximum Gasteiger partial charge on any atom is 0.348 e. The summed E-state index contributed by atoms with van der Waals surface area (Å²) in [4.78, 5) is 30.9. The first-order chi connectivity index (χ1) is 15.9. The second-order valence-electron chi connectivity index (χ2n) is 7.44. The van der Waals surface area contributed by atoms with Crippen molar-refractivity contribution in [3.8, 4) is 0 Å². The van der Waals surface area contributed by atoms with E-state index in [4.69, 9.17) is 0 Å². The predicted octanol–water partition coefficient (Wildman–Crippen LogP) is 3.75. The number of carboxylic acid groups (broad SMARTS) is 1. The lowest BCUT2D eigenvalue weighted by molar-refractivity contribution is 0.0703. The molecule has 1 aliphatic rings. The third-order valence-electron chi connectivity index (χ3n) is 5.16. The molecule has 0 bridgehead atoms. The summed E-state index contributed by atoms with van der Waals surface area (Å²) in [5.41, 5.74) is 2.32. The van der Waals surface area contributed by atoms with Gasteiger partial charge in [-0.1, -0.05) is 12.1 Å². The highest BCUT2D eigenvalue weighted by atomic mass is 32.2. The number of para-hydroxylation sites is 2. The summed E-state index contributed by atoms with van der Waals surface area (Å²) in [6.07, 6.45) is 3.37. The molecule has 33 heavy (non-hydrogen) atoms. The first kappa shape index (κ1) is 23.4. The summed E-state index contributed by atoms with van der Waals surface area (Å²) in [6.45, 7) is 1.58. The third-order valence-corrected chi connectivity index (χ3v) is 7.48. The molecule has 1 aromatic carbocycles. The number of thiophene rings is 1. The van der Waals surface area contributed by atoms with Gasteiger partial charge in [-0.05, 0) is 36.4 Å². The average molecular weight is 506 g/mol. The van der Waals surface area contributed by atoms with Crippen LogP contribution in [0.15, 0.2) is 41.1 Å². The molecule has 1 saturated heterocycles. The molecule has 174 valence electrons. The Morgan fingerprint density at radius 3 is 2.64 bits per heavy atom. The van der Waals surface area contributed by atoms with E-state index in [2.05, 4.69) is 25.2 Å². The van der Waals surface area contributed by atoms with E-state index in [1.54, 1.807) is 23.1 Å². The SMILES string of the molecule is CS(=O)NC1CCN(c2ccccc2NC(=O)c2csc(Nc3ccsc3C(=O)O)n2)CC1. The zero-order valence-electron chi connectivity index (χ0n) is 17.7. The number of hydrogen-bond acceptors (Lipinski definition) is 8. The number of thiazole rings is 1. The second-order valence-corrected chi connectivity index (χ2v) is 10.4. The number of carbonyl (C=O) groups is 2. The van der Waals surface area contributed by atoms with Crippen molar-refractivity contribution in [2.45, 2.75) is 18.9 Å². The van der Waals surface area contributed by atoms with E-state index < -0.39 is 17.0 Å². The van der Waals surface area contributed by atoms with E-state index in [0.717, 1.165) is 43.0 Å². The number of hydrogen-bond donors (Lipinski definition) is 4. The van der Waals surface area contributed by atoms with Crippen molar-refractivity contribution in [1.82, 2.24) is 9.71 Å². The highest BCUT2D eigenvalue weighted by molar-refractivity contribution is 7.82. The smallest absolute Gasteiger partial charge is 0.348 e. The van der Waals surface area contributed by atoms with Gasteiger partial charge in [0.2, 0.25) is 0 Å². The van der Waals surface area contributed by atoms with E-state index in [1.807, 2.05) is 24.3 Å². The lowest BCUT2D eigenvalue weighted by Gasteiger charge is -2.34. The van der Waals surface area contributed by atoms with Crippen molar-refractivity contribution >= 4 is 67.7 Å². The van der Waals surface area contributed by atoms with E-state index in [9.17, 15) is 18.9 Å². The van der Waals surface area contributed by atoms with Crippen molar-refractivity contribution in [1.29, 1.82) is 0 Å². The molecule has 0 aliphatic carbocycles. The van der Waals surface area contributed by atoms with Crippen LogP contribution in [0, 0.1) is 0 Å². The van der Waals surface area contributed by atoms with Crippen molar-refractivity contribution in [3.63, 3.8) is 0 Å². The fourth-order valence-corrected chi connectivity index (χ4v) is 5.73. The largest absolute Gasteiger partial charge is 0.477 e. The van der Waals surface area contributed by atoms with E-state index in [0.29, 0.717) is 16.5 Å². The minimum atomic E-state index is -1.03. The molecule has 1 unspecified atom stereocenters. The Kier molecular flexibility index (Phi) is 7.38. The molecule has 4 N–H and O–H groups in total. The summed E-state index contributed by atoms with van der Waals surface area (Å²) >= 11 is 2.35. The molecule has 0 radical (unpaired) electrons. The molecule has 9 nitrogen and oxygen atoms in total. The summed E-state index contributed by atoms with van der Waals surface area (Å²) in [5.74, 6) is -1.35. The Morgan fingerprint density at radius 2 is 1.91 bits per heavy atom. The maximum absolute atomic E-state index is 12.9. The molecule has 2 aromatic heterocycles. The number of aromatic carboxylic acids is 1. The van der Waals surface area contributed by atoms with Gasteiger partial charge in [-0.3, -0.25) is 4.79 Å². The van der Waals surface area contributed by atoms with E-state index >= 15 is 0 Å². The normalized spacial score (nSPS) is 15.2. The van der Waals surface area contributed by atoms with Crippen molar-refractivity contribution in [2.75, 3.05) is 34.9 Å². The molecule has 3 aromatic rings. The fourth-order valence-electron chi connectivity index (χ4n) is 3.64. The average Bonchev–Trinajstić information content (AvgIpc) is 3.44. The molecule has 1 amide bonds. The van der Waals surface area contributed by atoms with Crippen LogP contribution in [0.2, 0.25) is 0 Å². The van der Waals surface area contributed by atoms with Gasteiger partial charge in [-0.15, -0.1) is 22.7 Å². The lowest BCUT2D eigenvalue weighted by atomic mass is 10.0. The van der Waals surface area contributed by atoms with Crippen LogP contribution in [0.1, 0.15) is 33.0 Å². The van der Waals surface area contributed by atoms with Gasteiger partial charge in [-0.25, -0.2) is 18.7 Å². The Labute approximate surface area is 201 Å². The molecular weight excluding hydrogens is 482 g/mol. The number of amides is 1. The minimum Gasteiger partial charge on any atom is -0.477 e. The highest BCUT2D eigenvalue weighted by Gasteiger charge is 2.22. The fraction of sp³-hybridized carbons (Fsp3) is 0.286. The van der Waals surface area contributed by atoms with Crippen molar-refractivity contribution < 1.29 is 18.9 Å². The standard InChI is InChI=1S/C21H23N5O4S3/c1-33(30)25-13-6-9-26(10-7-13)17-5-3-2-4-14(17)22-19(27)16-12-32-21(24-16)23-15-8-11-31-18(15)20(28)29/h2-5,8,11-13,25H,6-7,9-10H2,1H3,(H,22,27)(H,23,24)(H,28,29). The van der Waals surface area contributed by atoms with Crippen molar-refractivity contribution in [3.05, 3.63) is 51.7 Å². The molecule has 1 fully saturated rings. The lowest BCUT2D eigenvalue weighted by Crippen LogP contribution is -2.43. The number of carbonyl (C=O) groups excluding carboxylic acids is 1. The Balaban J connectivity index is 1.42. The number of aromatic nitrogens is 1. The Hall–Kier alpha value is -2.80. The minimum absolute atomic E-state index is 0.189. The quantitative estimate of drug-likeness (QED) is 0.368. The summed E-state index contributed by atoms with van der Waals surface area (Å²) in [5, 5.41) is 18.9. The third kappa shape index (κ3) is 5.77. The molecule has 3 heterocycles. The van der Waals surface area contributed by atoms with Gasteiger partial charge >= 0.3 is 5.97 Å². The monoisotopic (exact) mass is 505 g/mol. The number of nitrogens with one attached hydrogen (secondary N) is 3. The number of benzene rings is 1. The van der Waals surface area contributed by atoms with Gasteiger partial charge in [-0.2, -0.15) is 0 Å². The summed E-state index contributed by atoms with van der Waals surface area (Å²) in [6, 6.07) is 9.52. The van der Waals surface area contributed by atoms with Crippen LogP contribution < -0.4 is 20.3 Å². The van der Waals surface area contributed by atoms with Gasteiger partial charge in [0.05, 0.1) is 28.0 Å². The van der Waals surface area contributed by atoms with E-state index in [1.165, 1.54) is 11.3 Å². The van der Waals surface area contributed by atoms with Crippen LogP contribution in [0.25, 0.3) is 0 Å². The van der Waals surface area contributed by atoms with Crippen LogP contribution in [-0.2, 0) is 11.0 Å². The van der Waals surface area contributed by atoms with Crippen LogP contribution in [0.4, 0.5) is 22.2 Å². The molecule has 12 heteroatoms. The van der Waals surface area contributed by atoms with Gasteiger partial charge in [0.15, 0.2) is 5.13 Å². The Bertz CT molecular complexity index is 1170. The van der Waals surface area contributed by atoms with Gasteiger partial charge in [0.1, 0.15) is 10.6 Å². The van der Waals surface area contributed by atoms with Crippen LogP contribution >= 0.6 is 22.7 Å². The molecule has 1 atom stereocenters. The Morgan fingerprint density at radius 1 is 1.15 bits per heavy atom. The van der Waals surface area contributed by atoms with Gasteiger partial charge < -0.3 is 20.6 Å². The second kappa shape index (κ2) is 10.4. The van der Waals surface area contributed by atoms with Crippen LogP contribution in [0.5, 0.6) is 0 Å². The first-order valence-electron chi connectivity index (χ1n) is 10.2. The summed E-state index contributed by atoms with van der Waals surface area (Å²) in [7, 11) is -1.03. The molecule has 0 spiro atoms. The van der Waals surface area contributed by atoms with Crippen molar-refractivity contribution in [2.24, 2.45) is 0 Å². The molecule has 1 aliphatic heterocycles. The highest BCUT2D eigenvalue weighted by Crippen LogP contribution is 2.30. The van der Waals surface area contributed by atoms with E-state index in [-0.39, 0.29) is 22.5 Å². The van der Waals surface area contributed by atoms with Gasteiger partial charge in [0.25, 0.3) is 5.91 Å². The predicted molar refractivity (Wildman–Crippen MR) is 134 cm³/mol. The van der Waals surface area contributed by atoms with Gasteiger partial charge in [0, 0.05) is 30.8 Å². The number of piperidine rings is 1. The van der Waals surface area contributed by atoms with Crippen LogP contribution in [0.3, 0.4) is 0 Å².